The van der Waals surface area contributed by atoms with Gasteiger partial charge in [-0.25, -0.2) is 4.79 Å². The summed E-state index contributed by atoms with van der Waals surface area (Å²) in [6.45, 7) is 2.28. The van der Waals surface area contributed by atoms with Gasteiger partial charge >= 0.3 is 5.69 Å². The molecule has 0 amide bonds. The summed E-state index contributed by atoms with van der Waals surface area (Å²) in [7, 11) is 0. The molecule has 0 aliphatic rings. The summed E-state index contributed by atoms with van der Waals surface area (Å²) < 4.78 is 1.20. The van der Waals surface area contributed by atoms with Gasteiger partial charge in [-0.3, -0.25) is 14.3 Å². The first-order chi connectivity index (χ1) is 9.54. The van der Waals surface area contributed by atoms with Crippen LogP contribution in [0.4, 0.5) is 0 Å². The van der Waals surface area contributed by atoms with Crippen molar-refractivity contribution in [1.29, 1.82) is 0 Å². The smallest absolute Gasteiger partial charge is 0.331 e. The van der Waals surface area contributed by atoms with E-state index in [1.807, 2.05) is 19.2 Å². The number of rotatable bonds is 4. The van der Waals surface area contributed by atoms with Crippen LogP contribution in [0.15, 0.2) is 39.9 Å². The van der Waals surface area contributed by atoms with Crippen LogP contribution in [0.1, 0.15) is 6.92 Å². The summed E-state index contributed by atoms with van der Waals surface area (Å²) in [4.78, 5) is 26.0. The molecule has 0 saturated carbocycles. The first-order valence-electron chi connectivity index (χ1n) is 6.19. The van der Waals surface area contributed by atoms with Crippen molar-refractivity contribution in [2.75, 3.05) is 6.26 Å². The minimum Gasteiger partial charge on any atom is -0.494 e. The van der Waals surface area contributed by atoms with Gasteiger partial charge in [0.05, 0.1) is 0 Å². The van der Waals surface area contributed by atoms with E-state index in [2.05, 4.69) is 4.98 Å². The van der Waals surface area contributed by atoms with Crippen LogP contribution in [-0.2, 0) is 6.54 Å². The molecule has 6 heteroatoms. The zero-order valence-electron chi connectivity index (χ0n) is 11.3. The molecular weight excluding hydrogens is 276 g/mol. The topological polar surface area (TPSA) is 75.1 Å². The molecule has 0 fully saturated rings. The third-order valence-electron chi connectivity index (χ3n) is 3.08. The monoisotopic (exact) mass is 292 g/mol. The summed E-state index contributed by atoms with van der Waals surface area (Å²) in [5.74, 6) is -0.286. The molecular formula is C14H16N2O3S. The Morgan fingerprint density at radius 1 is 1.30 bits per heavy atom. The van der Waals surface area contributed by atoms with Crippen LogP contribution in [-0.4, -0.2) is 26.2 Å². The number of benzene rings is 1. The largest absolute Gasteiger partial charge is 0.494 e. The number of nitrogens with one attached hydrogen (secondary N) is 1. The second-order valence-corrected chi connectivity index (χ2v) is 5.76. The average molecular weight is 292 g/mol. The predicted molar refractivity (Wildman–Crippen MR) is 81.4 cm³/mol. The Bertz CT molecular complexity index is 707. The van der Waals surface area contributed by atoms with Gasteiger partial charge in [0, 0.05) is 11.8 Å². The zero-order valence-corrected chi connectivity index (χ0v) is 12.1. The molecule has 0 aliphatic carbocycles. The van der Waals surface area contributed by atoms with E-state index in [1.54, 1.807) is 36.0 Å². The molecule has 1 aromatic heterocycles. The van der Waals surface area contributed by atoms with Crippen LogP contribution < -0.4 is 11.2 Å². The Labute approximate surface area is 120 Å². The van der Waals surface area contributed by atoms with Gasteiger partial charge < -0.3 is 5.11 Å². The van der Waals surface area contributed by atoms with Gasteiger partial charge in [0.1, 0.15) is 5.56 Å². The third kappa shape index (κ3) is 2.80. The fourth-order valence-electron chi connectivity index (χ4n) is 1.93. The minimum absolute atomic E-state index is 0.124. The second kappa shape index (κ2) is 6.00. The van der Waals surface area contributed by atoms with E-state index in [9.17, 15) is 14.7 Å². The maximum Gasteiger partial charge on any atom is 0.331 e. The summed E-state index contributed by atoms with van der Waals surface area (Å²) >= 11 is 1.58. The van der Waals surface area contributed by atoms with Crippen molar-refractivity contribution in [1.82, 2.24) is 9.55 Å². The first-order valence-corrected chi connectivity index (χ1v) is 7.47. The van der Waals surface area contributed by atoms with Gasteiger partial charge in [-0.2, -0.15) is 11.8 Å². The highest BCUT2D eigenvalue weighted by Gasteiger charge is 2.16. The minimum atomic E-state index is -0.590. The van der Waals surface area contributed by atoms with E-state index in [4.69, 9.17) is 0 Å². The lowest BCUT2D eigenvalue weighted by Gasteiger charge is -2.14. The van der Waals surface area contributed by atoms with E-state index in [0.717, 1.165) is 0 Å². The Kier molecular flexibility index (Phi) is 4.34. The van der Waals surface area contributed by atoms with Crippen LogP contribution in [0.5, 0.6) is 5.88 Å². The maximum atomic E-state index is 11.9. The lowest BCUT2D eigenvalue weighted by molar-refractivity contribution is 0.403. The molecule has 2 rings (SSSR count). The fraction of sp³-hybridized carbons (Fsp3) is 0.286. The van der Waals surface area contributed by atoms with Crippen molar-refractivity contribution >= 4 is 11.8 Å². The fourth-order valence-corrected chi connectivity index (χ4v) is 2.22. The van der Waals surface area contributed by atoms with Gasteiger partial charge in [0.25, 0.3) is 5.56 Å². The zero-order chi connectivity index (χ0) is 14.7. The predicted octanol–water partition coefficient (Wildman–Crippen LogP) is 1.66. The summed E-state index contributed by atoms with van der Waals surface area (Å²) in [6, 6.07) is 8.80. The van der Waals surface area contributed by atoms with Gasteiger partial charge in [0.15, 0.2) is 0 Å². The van der Waals surface area contributed by atoms with Gasteiger partial charge in [-0.15, -0.1) is 0 Å². The van der Waals surface area contributed by atoms with Crippen molar-refractivity contribution < 1.29 is 5.11 Å². The lowest BCUT2D eigenvalue weighted by atomic mass is 10.1. The molecule has 0 aliphatic heterocycles. The normalized spacial score (nSPS) is 12.3. The summed E-state index contributed by atoms with van der Waals surface area (Å²) in [6.07, 6.45) is 1.93. The van der Waals surface area contributed by atoms with Crippen molar-refractivity contribution in [2.45, 2.75) is 18.7 Å². The molecule has 0 spiro atoms. The highest BCUT2D eigenvalue weighted by Crippen LogP contribution is 2.24. The number of hydrogen-bond donors (Lipinski definition) is 2. The SMILES string of the molecule is CSC(C)Cn1c(O)c(-c2ccccc2)c(=O)[nH]c1=O. The van der Waals surface area contributed by atoms with E-state index in [0.29, 0.717) is 12.1 Å². The van der Waals surface area contributed by atoms with Crippen molar-refractivity contribution in [3.63, 3.8) is 0 Å². The molecule has 2 aromatic rings. The summed E-state index contributed by atoms with van der Waals surface area (Å²) in [5, 5.41) is 10.4. The number of H-pyrrole nitrogens is 1. The van der Waals surface area contributed by atoms with Crippen molar-refractivity contribution in [3.8, 4) is 17.0 Å². The van der Waals surface area contributed by atoms with Crippen LogP contribution in [0.2, 0.25) is 0 Å². The maximum absolute atomic E-state index is 11.9. The van der Waals surface area contributed by atoms with Crippen LogP contribution in [0, 0.1) is 0 Å². The van der Waals surface area contributed by atoms with Crippen molar-refractivity contribution in [2.24, 2.45) is 0 Å². The average Bonchev–Trinajstić information content (AvgIpc) is 2.44. The van der Waals surface area contributed by atoms with Gasteiger partial charge in [0.2, 0.25) is 5.88 Å². The molecule has 0 saturated heterocycles. The Morgan fingerprint density at radius 3 is 2.55 bits per heavy atom. The number of thioether (sulfide) groups is 1. The van der Waals surface area contributed by atoms with Gasteiger partial charge in [-0.05, 0) is 11.8 Å². The molecule has 1 atom stereocenters. The molecule has 1 aromatic carbocycles. The molecule has 2 N–H and O–H groups in total. The lowest BCUT2D eigenvalue weighted by Crippen LogP contribution is -2.32. The van der Waals surface area contributed by atoms with E-state index >= 15 is 0 Å². The van der Waals surface area contributed by atoms with Crippen LogP contribution >= 0.6 is 11.8 Å². The molecule has 1 unspecified atom stereocenters. The van der Waals surface area contributed by atoms with E-state index in [-0.39, 0.29) is 16.7 Å². The van der Waals surface area contributed by atoms with Crippen LogP contribution in [0.3, 0.4) is 0 Å². The Hall–Kier alpha value is -1.95. The van der Waals surface area contributed by atoms with E-state index < -0.39 is 11.2 Å². The highest BCUT2D eigenvalue weighted by molar-refractivity contribution is 7.99. The molecule has 5 nitrogen and oxygen atoms in total. The molecule has 0 radical (unpaired) electrons. The van der Waals surface area contributed by atoms with E-state index in [1.165, 1.54) is 4.57 Å². The Balaban J connectivity index is 2.62. The summed E-state index contributed by atoms with van der Waals surface area (Å²) in [5.41, 5.74) is -0.463. The molecule has 1 heterocycles. The molecule has 106 valence electrons. The Morgan fingerprint density at radius 2 is 1.95 bits per heavy atom. The van der Waals surface area contributed by atoms with Crippen LogP contribution in [0.25, 0.3) is 11.1 Å². The first kappa shape index (κ1) is 14.5. The molecule has 0 bridgehead atoms. The second-order valence-electron chi connectivity index (χ2n) is 4.48. The third-order valence-corrected chi connectivity index (χ3v) is 4.03. The van der Waals surface area contributed by atoms with Gasteiger partial charge in [-0.1, -0.05) is 37.3 Å². The quantitative estimate of drug-likeness (QED) is 0.898. The molecule has 20 heavy (non-hydrogen) atoms. The highest BCUT2D eigenvalue weighted by atomic mass is 32.2. The standard InChI is InChI=1S/C14H16N2O3S/c1-9(20-2)8-16-13(18)11(12(17)15-14(16)19)10-6-4-3-5-7-10/h3-7,9,18H,8H2,1-2H3,(H,15,17,19). The number of aromatic nitrogens is 2. The van der Waals surface area contributed by atoms with Crippen molar-refractivity contribution in [3.05, 3.63) is 51.2 Å². The number of nitrogens with zero attached hydrogens (tertiary/aromatic N) is 1. The number of aromatic amines is 1. The number of aromatic hydroxyl groups is 1. The number of hydrogen-bond acceptors (Lipinski definition) is 4.